The average molecular weight is 418 g/mol. The lowest BCUT2D eigenvalue weighted by atomic mass is 10.1. The highest BCUT2D eigenvalue weighted by molar-refractivity contribution is 5.91. The number of morpholine rings is 1. The number of nitrogens with one attached hydrogen (secondary N) is 1. The molecule has 1 aromatic heterocycles. The van der Waals surface area contributed by atoms with Crippen molar-refractivity contribution in [2.45, 2.75) is 19.3 Å². The molecule has 0 radical (unpaired) electrons. The third kappa shape index (κ3) is 5.38. The fourth-order valence-electron chi connectivity index (χ4n) is 3.56. The number of rotatable bonds is 7. The zero-order valence-electron chi connectivity index (χ0n) is 17.4. The van der Waals surface area contributed by atoms with Crippen molar-refractivity contribution in [3.8, 4) is 16.9 Å². The number of para-hydroxylation sites is 1. The Bertz CT molecular complexity index is 1010. The molecule has 0 saturated carbocycles. The minimum atomic E-state index is -0.133. The average Bonchev–Trinajstić information content (AvgIpc) is 3.24. The van der Waals surface area contributed by atoms with Gasteiger partial charge in [-0.25, -0.2) is 4.68 Å². The van der Waals surface area contributed by atoms with Crippen LogP contribution in [0.5, 0.6) is 0 Å². The maximum absolute atomic E-state index is 12.6. The van der Waals surface area contributed by atoms with Crippen LogP contribution in [0.1, 0.15) is 19.3 Å². The number of carbonyl (C=O) groups is 2. The maximum Gasteiger partial charge on any atom is 0.225 e. The summed E-state index contributed by atoms with van der Waals surface area (Å²) in [5, 5.41) is 7.67. The first-order valence-corrected chi connectivity index (χ1v) is 10.6. The number of carbonyl (C=O) groups excluding carboxylic acids is 2. The maximum atomic E-state index is 12.6. The largest absolute Gasteiger partial charge is 0.378 e. The van der Waals surface area contributed by atoms with Crippen LogP contribution >= 0.6 is 0 Å². The molecule has 0 bridgehead atoms. The summed E-state index contributed by atoms with van der Waals surface area (Å²) in [6.45, 7) is 2.42. The van der Waals surface area contributed by atoms with Gasteiger partial charge in [-0.2, -0.15) is 5.10 Å². The van der Waals surface area contributed by atoms with Gasteiger partial charge in [-0.1, -0.05) is 48.5 Å². The summed E-state index contributed by atoms with van der Waals surface area (Å²) >= 11 is 0. The third-order valence-corrected chi connectivity index (χ3v) is 5.21. The fraction of sp³-hybridized carbons (Fsp3) is 0.292. The van der Waals surface area contributed by atoms with Gasteiger partial charge in [0.2, 0.25) is 11.8 Å². The van der Waals surface area contributed by atoms with Crippen molar-refractivity contribution in [1.29, 1.82) is 0 Å². The molecule has 0 aliphatic carbocycles. The van der Waals surface area contributed by atoms with E-state index in [0.29, 0.717) is 45.0 Å². The molecule has 2 heterocycles. The number of nitrogens with zero attached hydrogens (tertiary/aromatic N) is 3. The third-order valence-electron chi connectivity index (χ3n) is 5.21. The number of hydrogen-bond donors (Lipinski definition) is 1. The van der Waals surface area contributed by atoms with Crippen LogP contribution in [0.3, 0.4) is 0 Å². The Hall–Kier alpha value is -3.45. The van der Waals surface area contributed by atoms with Crippen LogP contribution in [0.4, 0.5) is 5.82 Å². The molecule has 0 spiro atoms. The second-order valence-corrected chi connectivity index (χ2v) is 7.42. The van der Waals surface area contributed by atoms with Crippen molar-refractivity contribution in [3.63, 3.8) is 0 Å². The van der Waals surface area contributed by atoms with E-state index < -0.39 is 0 Å². The molecule has 31 heavy (non-hydrogen) atoms. The highest BCUT2D eigenvalue weighted by Gasteiger charge is 2.18. The van der Waals surface area contributed by atoms with Crippen LogP contribution in [0.25, 0.3) is 16.9 Å². The van der Waals surface area contributed by atoms with Crippen LogP contribution in [-0.2, 0) is 14.3 Å². The Labute approximate surface area is 181 Å². The van der Waals surface area contributed by atoms with Crippen molar-refractivity contribution in [1.82, 2.24) is 14.7 Å². The first-order valence-electron chi connectivity index (χ1n) is 10.6. The van der Waals surface area contributed by atoms with Gasteiger partial charge in [-0.05, 0) is 18.6 Å². The van der Waals surface area contributed by atoms with E-state index in [2.05, 4.69) is 5.32 Å². The summed E-state index contributed by atoms with van der Waals surface area (Å²) in [5.41, 5.74) is 2.62. The highest BCUT2D eigenvalue weighted by atomic mass is 16.5. The first-order chi connectivity index (χ1) is 15.2. The summed E-state index contributed by atoms with van der Waals surface area (Å²) < 4.78 is 7.01. The molecule has 2 aromatic carbocycles. The number of aromatic nitrogens is 2. The smallest absolute Gasteiger partial charge is 0.225 e. The van der Waals surface area contributed by atoms with E-state index in [1.54, 1.807) is 9.58 Å². The lowest BCUT2D eigenvalue weighted by Crippen LogP contribution is -2.40. The number of hydrogen-bond acceptors (Lipinski definition) is 4. The molecule has 1 N–H and O–H groups in total. The molecule has 1 saturated heterocycles. The monoisotopic (exact) mass is 418 g/mol. The first kappa shape index (κ1) is 20.8. The molecule has 3 aromatic rings. The topological polar surface area (TPSA) is 76.5 Å². The Morgan fingerprint density at radius 3 is 2.32 bits per heavy atom. The summed E-state index contributed by atoms with van der Waals surface area (Å²) in [4.78, 5) is 26.7. The Balaban J connectivity index is 1.42. The minimum absolute atomic E-state index is 0.0804. The molecular weight excluding hydrogens is 392 g/mol. The molecule has 1 aliphatic rings. The number of anilines is 1. The predicted octanol–water partition coefficient (Wildman–Crippen LogP) is 3.51. The van der Waals surface area contributed by atoms with Gasteiger partial charge in [-0.15, -0.1) is 0 Å². The standard InChI is InChI=1S/C24H26N4O3/c29-23(12-7-13-24(30)27-14-16-31-17-15-27)25-22-18-21(19-8-3-1-4-9-19)26-28(22)20-10-5-2-6-11-20/h1-6,8-11,18H,7,12-17H2,(H,25,29). The van der Waals surface area contributed by atoms with Gasteiger partial charge < -0.3 is 15.0 Å². The summed E-state index contributed by atoms with van der Waals surface area (Å²) in [7, 11) is 0. The molecule has 160 valence electrons. The molecule has 7 heteroatoms. The van der Waals surface area contributed by atoms with Crippen LogP contribution in [0.15, 0.2) is 66.7 Å². The highest BCUT2D eigenvalue weighted by Crippen LogP contribution is 2.25. The molecule has 1 fully saturated rings. The molecule has 4 rings (SSSR count). The zero-order chi connectivity index (χ0) is 21.5. The Morgan fingerprint density at radius 1 is 0.935 bits per heavy atom. The van der Waals surface area contributed by atoms with Crippen molar-refractivity contribution in [3.05, 3.63) is 66.7 Å². The second kappa shape index (κ2) is 10.0. The SMILES string of the molecule is O=C(CCCC(=O)N1CCOCC1)Nc1cc(-c2ccccc2)nn1-c1ccccc1. The summed E-state index contributed by atoms with van der Waals surface area (Å²) in [6, 6.07) is 21.4. The van der Waals surface area contributed by atoms with Crippen molar-refractivity contribution in [2.24, 2.45) is 0 Å². The normalized spacial score (nSPS) is 13.7. The molecular formula is C24H26N4O3. The molecule has 1 aliphatic heterocycles. The quantitative estimate of drug-likeness (QED) is 0.637. The summed E-state index contributed by atoms with van der Waals surface area (Å²) in [5.74, 6) is 0.554. The van der Waals surface area contributed by atoms with E-state index in [4.69, 9.17) is 9.84 Å². The van der Waals surface area contributed by atoms with Gasteiger partial charge in [0.25, 0.3) is 0 Å². The van der Waals surface area contributed by atoms with Gasteiger partial charge in [0.05, 0.1) is 24.6 Å². The lowest BCUT2D eigenvalue weighted by molar-refractivity contribution is -0.135. The summed E-state index contributed by atoms with van der Waals surface area (Å²) in [6.07, 6.45) is 1.14. The van der Waals surface area contributed by atoms with Gasteiger partial charge in [-0.3, -0.25) is 9.59 Å². The molecule has 0 unspecified atom stereocenters. The van der Waals surface area contributed by atoms with Crippen LogP contribution < -0.4 is 5.32 Å². The number of amides is 2. The van der Waals surface area contributed by atoms with E-state index in [-0.39, 0.29) is 18.2 Å². The molecule has 0 atom stereocenters. The van der Waals surface area contributed by atoms with Gasteiger partial charge >= 0.3 is 0 Å². The molecule has 2 amide bonds. The van der Waals surface area contributed by atoms with Crippen molar-refractivity contribution < 1.29 is 14.3 Å². The Morgan fingerprint density at radius 2 is 1.61 bits per heavy atom. The van der Waals surface area contributed by atoms with E-state index in [1.165, 1.54) is 0 Å². The van der Waals surface area contributed by atoms with Crippen LogP contribution in [-0.4, -0.2) is 52.8 Å². The van der Waals surface area contributed by atoms with E-state index in [1.807, 2.05) is 66.7 Å². The van der Waals surface area contributed by atoms with Crippen LogP contribution in [0, 0.1) is 0 Å². The molecule has 7 nitrogen and oxygen atoms in total. The van der Waals surface area contributed by atoms with Gasteiger partial charge in [0, 0.05) is 37.6 Å². The van der Waals surface area contributed by atoms with E-state index >= 15 is 0 Å². The number of ether oxygens (including phenoxy) is 1. The second-order valence-electron chi connectivity index (χ2n) is 7.42. The minimum Gasteiger partial charge on any atom is -0.378 e. The number of benzene rings is 2. The van der Waals surface area contributed by atoms with Gasteiger partial charge in [0.1, 0.15) is 5.82 Å². The van der Waals surface area contributed by atoms with Crippen molar-refractivity contribution >= 4 is 17.6 Å². The zero-order valence-corrected chi connectivity index (χ0v) is 17.4. The van der Waals surface area contributed by atoms with E-state index in [9.17, 15) is 9.59 Å². The lowest BCUT2D eigenvalue weighted by Gasteiger charge is -2.26. The Kier molecular flexibility index (Phi) is 6.74. The van der Waals surface area contributed by atoms with Crippen LogP contribution in [0.2, 0.25) is 0 Å². The van der Waals surface area contributed by atoms with Crippen molar-refractivity contribution in [2.75, 3.05) is 31.6 Å². The fourth-order valence-corrected chi connectivity index (χ4v) is 3.56. The van der Waals surface area contributed by atoms with E-state index in [0.717, 1.165) is 16.9 Å². The van der Waals surface area contributed by atoms with Gasteiger partial charge in [0.15, 0.2) is 0 Å². The predicted molar refractivity (Wildman–Crippen MR) is 119 cm³/mol.